The summed E-state index contributed by atoms with van der Waals surface area (Å²) >= 11 is 0. The Bertz CT molecular complexity index is 665. The third-order valence-corrected chi connectivity index (χ3v) is 3.52. The van der Waals surface area contributed by atoms with Gasteiger partial charge in [-0.05, 0) is 63.1 Å². The fourth-order valence-corrected chi connectivity index (χ4v) is 2.28. The maximum absolute atomic E-state index is 12.5. The molecule has 0 saturated heterocycles. The third-order valence-electron chi connectivity index (χ3n) is 3.52. The van der Waals surface area contributed by atoms with Crippen LogP contribution in [0.3, 0.4) is 0 Å². The van der Waals surface area contributed by atoms with Crippen LogP contribution in [-0.4, -0.2) is 18.1 Å². The lowest BCUT2D eigenvalue weighted by molar-refractivity contribution is -0.122. The highest BCUT2D eigenvalue weighted by Gasteiger charge is 2.19. The Morgan fingerprint density at radius 1 is 1.04 bits per heavy atom. The van der Waals surface area contributed by atoms with Crippen molar-refractivity contribution in [2.24, 2.45) is 0 Å². The molecule has 128 valence electrons. The summed E-state index contributed by atoms with van der Waals surface area (Å²) in [5.74, 6) is 1.37. The molecule has 0 radical (unpaired) electrons. The predicted octanol–water partition coefficient (Wildman–Crippen LogP) is 4.58. The number of carbonyl (C=O) groups excluding carboxylic acids is 1. The van der Waals surface area contributed by atoms with Gasteiger partial charge in [-0.1, -0.05) is 25.1 Å². The number of para-hydroxylation sites is 1. The summed E-state index contributed by atoms with van der Waals surface area (Å²) in [5, 5.41) is 2.89. The zero-order chi connectivity index (χ0) is 17.5. The van der Waals surface area contributed by atoms with E-state index in [-0.39, 0.29) is 12.0 Å². The topological polar surface area (TPSA) is 47.6 Å². The van der Waals surface area contributed by atoms with Crippen LogP contribution in [0.1, 0.15) is 32.8 Å². The van der Waals surface area contributed by atoms with Gasteiger partial charge >= 0.3 is 0 Å². The summed E-state index contributed by atoms with van der Waals surface area (Å²) in [4.78, 5) is 12.5. The molecule has 4 nitrogen and oxygen atoms in total. The van der Waals surface area contributed by atoms with Crippen LogP contribution in [0.2, 0.25) is 0 Å². The average molecular weight is 327 g/mol. The summed E-state index contributed by atoms with van der Waals surface area (Å²) < 4.78 is 11.5. The van der Waals surface area contributed by atoms with Gasteiger partial charge < -0.3 is 14.8 Å². The van der Waals surface area contributed by atoms with Crippen LogP contribution in [-0.2, 0) is 4.79 Å². The first-order valence-corrected chi connectivity index (χ1v) is 8.29. The van der Waals surface area contributed by atoms with Crippen molar-refractivity contribution in [3.63, 3.8) is 0 Å². The van der Waals surface area contributed by atoms with Gasteiger partial charge in [0, 0.05) is 5.69 Å². The van der Waals surface area contributed by atoms with E-state index in [0.717, 1.165) is 22.7 Å². The lowest BCUT2D eigenvalue weighted by atomic mass is 10.2. The maximum atomic E-state index is 12.5. The monoisotopic (exact) mass is 327 g/mol. The molecule has 2 rings (SSSR count). The van der Waals surface area contributed by atoms with Crippen molar-refractivity contribution >= 4 is 11.6 Å². The summed E-state index contributed by atoms with van der Waals surface area (Å²) in [7, 11) is 0. The number of hydrogen-bond donors (Lipinski definition) is 1. The summed E-state index contributed by atoms with van der Waals surface area (Å²) in [6.07, 6.45) is 0.185. The summed E-state index contributed by atoms with van der Waals surface area (Å²) in [6.45, 7) is 7.85. The van der Waals surface area contributed by atoms with Gasteiger partial charge in [-0.3, -0.25) is 4.79 Å². The van der Waals surface area contributed by atoms with Crippen molar-refractivity contribution < 1.29 is 14.3 Å². The van der Waals surface area contributed by atoms with Crippen LogP contribution >= 0.6 is 0 Å². The van der Waals surface area contributed by atoms with E-state index < -0.39 is 6.10 Å². The molecule has 0 aliphatic carbocycles. The molecule has 1 N–H and O–H groups in total. The molecular weight excluding hydrogens is 302 g/mol. The van der Waals surface area contributed by atoms with Gasteiger partial charge in [0.1, 0.15) is 11.5 Å². The Kier molecular flexibility index (Phi) is 6.24. The predicted molar refractivity (Wildman–Crippen MR) is 96.7 cm³/mol. The summed E-state index contributed by atoms with van der Waals surface area (Å²) in [5.41, 5.74) is 1.74. The molecule has 0 aromatic heterocycles. The molecular formula is C20H25NO3. The Hall–Kier alpha value is -2.49. The third kappa shape index (κ3) is 5.01. The lowest BCUT2D eigenvalue weighted by Crippen LogP contribution is -2.32. The smallest absolute Gasteiger partial charge is 0.265 e. The summed E-state index contributed by atoms with van der Waals surface area (Å²) in [6, 6.07) is 15.0. The number of rotatable bonds is 7. The maximum Gasteiger partial charge on any atom is 0.265 e. The van der Waals surface area contributed by atoms with Crippen LogP contribution in [0.5, 0.6) is 11.5 Å². The highest BCUT2D eigenvalue weighted by molar-refractivity contribution is 5.94. The Labute approximate surface area is 143 Å². The number of amides is 1. The molecule has 0 fully saturated rings. The normalized spacial score (nSPS) is 11.9. The van der Waals surface area contributed by atoms with Crippen LogP contribution in [0.15, 0.2) is 48.5 Å². The average Bonchev–Trinajstić information content (AvgIpc) is 2.55. The Morgan fingerprint density at radius 3 is 2.29 bits per heavy atom. The van der Waals surface area contributed by atoms with Crippen molar-refractivity contribution in [1.82, 2.24) is 0 Å². The van der Waals surface area contributed by atoms with Crippen LogP contribution < -0.4 is 14.8 Å². The highest BCUT2D eigenvalue weighted by atomic mass is 16.5. The van der Waals surface area contributed by atoms with E-state index in [0.29, 0.717) is 6.42 Å². The lowest BCUT2D eigenvalue weighted by Gasteiger charge is -2.18. The van der Waals surface area contributed by atoms with Crippen LogP contribution in [0.25, 0.3) is 0 Å². The van der Waals surface area contributed by atoms with E-state index in [2.05, 4.69) is 5.32 Å². The fraction of sp³-hybridized carbons (Fsp3) is 0.350. The van der Waals surface area contributed by atoms with Gasteiger partial charge in [-0.25, -0.2) is 0 Å². The minimum atomic E-state index is -0.530. The molecule has 2 aromatic carbocycles. The quantitative estimate of drug-likeness (QED) is 0.810. The molecule has 0 aliphatic heterocycles. The first-order chi connectivity index (χ1) is 11.5. The van der Waals surface area contributed by atoms with Crippen molar-refractivity contribution in [1.29, 1.82) is 0 Å². The molecule has 1 unspecified atom stereocenters. The minimum Gasteiger partial charge on any atom is -0.491 e. The van der Waals surface area contributed by atoms with Gasteiger partial charge in [0.15, 0.2) is 6.10 Å². The van der Waals surface area contributed by atoms with E-state index in [1.54, 1.807) is 0 Å². The second-order valence-corrected chi connectivity index (χ2v) is 5.96. The molecule has 0 spiro atoms. The van der Waals surface area contributed by atoms with E-state index >= 15 is 0 Å². The number of anilines is 1. The van der Waals surface area contributed by atoms with E-state index in [4.69, 9.17) is 9.47 Å². The molecule has 2 aromatic rings. The number of carbonyl (C=O) groups is 1. The van der Waals surface area contributed by atoms with Crippen LogP contribution in [0.4, 0.5) is 5.69 Å². The molecule has 1 atom stereocenters. The molecule has 0 heterocycles. The van der Waals surface area contributed by atoms with Gasteiger partial charge in [0.05, 0.1) is 6.10 Å². The molecule has 1 amide bonds. The van der Waals surface area contributed by atoms with Gasteiger partial charge in [-0.15, -0.1) is 0 Å². The number of ether oxygens (including phenoxy) is 2. The first-order valence-electron chi connectivity index (χ1n) is 8.29. The minimum absolute atomic E-state index is 0.123. The van der Waals surface area contributed by atoms with Crippen molar-refractivity contribution in [2.45, 2.75) is 46.3 Å². The van der Waals surface area contributed by atoms with Crippen molar-refractivity contribution in [3.05, 3.63) is 54.1 Å². The Morgan fingerprint density at radius 2 is 1.71 bits per heavy atom. The first kappa shape index (κ1) is 17.9. The highest BCUT2D eigenvalue weighted by Crippen LogP contribution is 2.21. The second-order valence-electron chi connectivity index (χ2n) is 5.96. The van der Waals surface area contributed by atoms with Gasteiger partial charge in [0.2, 0.25) is 0 Å². The molecule has 0 saturated carbocycles. The molecule has 0 aliphatic rings. The van der Waals surface area contributed by atoms with E-state index in [9.17, 15) is 4.79 Å². The van der Waals surface area contributed by atoms with E-state index in [1.165, 1.54) is 0 Å². The number of hydrogen-bond acceptors (Lipinski definition) is 3. The molecule has 24 heavy (non-hydrogen) atoms. The fourth-order valence-electron chi connectivity index (χ4n) is 2.28. The second kappa shape index (κ2) is 8.39. The van der Waals surface area contributed by atoms with Gasteiger partial charge in [0.25, 0.3) is 5.91 Å². The SMILES string of the molecule is CCC(Oc1ccccc1C)C(=O)Nc1ccc(OC(C)C)cc1. The van der Waals surface area contributed by atoms with E-state index in [1.807, 2.05) is 76.2 Å². The Balaban J connectivity index is 2.00. The van der Waals surface area contributed by atoms with Crippen molar-refractivity contribution in [2.75, 3.05) is 5.32 Å². The zero-order valence-corrected chi connectivity index (χ0v) is 14.7. The largest absolute Gasteiger partial charge is 0.491 e. The zero-order valence-electron chi connectivity index (χ0n) is 14.7. The molecule has 4 heteroatoms. The number of aryl methyl sites for hydroxylation is 1. The van der Waals surface area contributed by atoms with Crippen LogP contribution in [0, 0.1) is 6.92 Å². The standard InChI is InChI=1S/C20H25NO3/c1-5-18(24-19-9-7-6-8-15(19)4)20(22)21-16-10-12-17(13-11-16)23-14(2)3/h6-14,18H,5H2,1-4H3,(H,21,22). The van der Waals surface area contributed by atoms with Crippen molar-refractivity contribution in [3.8, 4) is 11.5 Å². The van der Waals surface area contributed by atoms with Gasteiger partial charge in [-0.2, -0.15) is 0 Å². The number of benzene rings is 2. The molecule has 0 bridgehead atoms. The number of nitrogens with one attached hydrogen (secondary N) is 1.